The van der Waals surface area contributed by atoms with Gasteiger partial charge in [-0.25, -0.2) is 4.98 Å². The third kappa shape index (κ3) is 2.73. The Hall–Kier alpha value is -1.35. The van der Waals surface area contributed by atoms with Crippen molar-refractivity contribution >= 4 is 11.0 Å². The Morgan fingerprint density at radius 2 is 1.95 bits per heavy atom. The molecule has 0 aliphatic heterocycles. The highest BCUT2D eigenvalue weighted by Gasteiger charge is 2.21. The Morgan fingerprint density at radius 1 is 1.20 bits per heavy atom. The predicted octanol–water partition coefficient (Wildman–Crippen LogP) is 3.51. The molecule has 3 heteroatoms. The molecule has 0 saturated heterocycles. The zero-order chi connectivity index (χ0) is 13.9. The first-order valence-corrected chi connectivity index (χ1v) is 7.97. The van der Waals surface area contributed by atoms with Crippen molar-refractivity contribution in [3.8, 4) is 0 Å². The van der Waals surface area contributed by atoms with Crippen molar-refractivity contribution in [1.82, 2.24) is 9.55 Å². The first-order valence-electron chi connectivity index (χ1n) is 7.97. The van der Waals surface area contributed by atoms with Gasteiger partial charge in [-0.1, -0.05) is 19.1 Å². The van der Waals surface area contributed by atoms with Crippen LogP contribution in [0.5, 0.6) is 0 Å². The van der Waals surface area contributed by atoms with Crippen LogP contribution in [0.1, 0.15) is 44.9 Å². The van der Waals surface area contributed by atoms with E-state index in [-0.39, 0.29) is 0 Å². The first-order chi connectivity index (χ1) is 9.78. The van der Waals surface area contributed by atoms with Gasteiger partial charge in [0.15, 0.2) is 0 Å². The molecule has 2 aromatic rings. The second-order valence-corrected chi connectivity index (χ2v) is 6.15. The van der Waals surface area contributed by atoms with Crippen molar-refractivity contribution in [3.63, 3.8) is 0 Å². The first kappa shape index (κ1) is 13.6. The number of nitrogens with zero attached hydrogens (tertiary/aromatic N) is 2. The van der Waals surface area contributed by atoms with Gasteiger partial charge in [0, 0.05) is 19.0 Å². The fourth-order valence-corrected chi connectivity index (χ4v) is 3.40. The van der Waals surface area contributed by atoms with Gasteiger partial charge in [-0.05, 0) is 50.2 Å². The van der Waals surface area contributed by atoms with E-state index in [1.54, 1.807) is 0 Å². The lowest BCUT2D eigenvalue weighted by Crippen LogP contribution is -2.27. The lowest BCUT2D eigenvalue weighted by molar-refractivity contribution is 0.318. The highest BCUT2D eigenvalue weighted by molar-refractivity contribution is 5.75. The second kappa shape index (κ2) is 5.96. The summed E-state index contributed by atoms with van der Waals surface area (Å²) in [6.07, 6.45) is 7.15. The number of hydrogen-bond donors (Lipinski definition) is 1. The van der Waals surface area contributed by atoms with Gasteiger partial charge in [0.2, 0.25) is 0 Å². The van der Waals surface area contributed by atoms with Crippen LogP contribution in [-0.2, 0) is 13.0 Å². The molecule has 1 fully saturated rings. The van der Waals surface area contributed by atoms with Crippen LogP contribution in [0.2, 0.25) is 0 Å². The molecular weight excluding hydrogens is 246 g/mol. The van der Waals surface area contributed by atoms with Crippen LogP contribution >= 0.6 is 0 Å². The summed E-state index contributed by atoms with van der Waals surface area (Å²) >= 11 is 0. The number of para-hydroxylation sites is 2. The maximum Gasteiger partial charge on any atom is 0.110 e. The van der Waals surface area contributed by atoms with E-state index in [1.165, 1.54) is 37.0 Å². The lowest BCUT2D eigenvalue weighted by atomic mass is 9.84. The number of hydrogen-bond acceptors (Lipinski definition) is 2. The van der Waals surface area contributed by atoms with Crippen LogP contribution in [0.25, 0.3) is 11.0 Å². The Kier molecular flexibility index (Phi) is 4.06. The summed E-state index contributed by atoms with van der Waals surface area (Å²) in [5, 5.41) is 0. The summed E-state index contributed by atoms with van der Waals surface area (Å²) in [5.41, 5.74) is 8.44. The Balaban J connectivity index is 1.84. The van der Waals surface area contributed by atoms with Crippen LogP contribution in [-0.4, -0.2) is 15.6 Å². The van der Waals surface area contributed by atoms with Crippen molar-refractivity contribution in [2.45, 2.75) is 58.0 Å². The summed E-state index contributed by atoms with van der Waals surface area (Å²) in [7, 11) is 0. The quantitative estimate of drug-likeness (QED) is 0.925. The Bertz CT molecular complexity index is 565. The lowest BCUT2D eigenvalue weighted by Gasteiger charge is -2.26. The van der Waals surface area contributed by atoms with Gasteiger partial charge in [0.05, 0.1) is 11.0 Å². The largest absolute Gasteiger partial charge is 0.328 e. The van der Waals surface area contributed by atoms with Gasteiger partial charge >= 0.3 is 0 Å². The van der Waals surface area contributed by atoms with Gasteiger partial charge in [-0.3, -0.25) is 0 Å². The normalized spacial score (nSPS) is 23.3. The average molecular weight is 271 g/mol. The summed E-state index contributed by atoms with van der Waals surface area (Å²) in [4.78, 5) is 4.88. The molecule has 0 bridgehead atoms. The van der Waals surface area contributed by atoms with Crippen molar-refractivity contribution < 1.29 is 0 Å². The number of aromatic nitrogens is 2. The molecule has 2 N–H and O–H groups in total. The SMILES string of the molecule is CCCn1c(CC2CCC(N)CC2)nc2ccccc21. The van der Waals surface area contributed by atoms with Crippen LogP contribution in [0.3, 0.4) is 0 Å². The molecule has 1 heterocycles. The predicted molar refractivity (Wildman–Crippen MR) is 83.7 cm³/mol. The van der Waals surface area contributed by atoms with Crippen molar-refractivity contribution in [3.05, 3.63) is 30.1 Å². The molecule has 1 aromatic carbocycles. The molecule has 0 amide bonds. The monoisotopic (exact) mass is 271 g/mol. The average Bonchev–Trinajstić information content (AvgIpc) is 2.80. The van der Waals surface area contributed by atoms with Crippen LogP contribution in [0.15, 0.2) is 24.3 Å². The van der Waals surface area contributed by atoms with E-state index in [0.29, 0.717) is 6.04 Å². The van der Waals surface area contributed by atoms with Gasteiger partial charge in [0.25, 0.3) is 0 Å². The van der Waals surface area contributed by atoms with Crippen molar-refractivity contribution in [1.29, 1.82) is 0 Å². The molecule has 3 rings (SSSR count). The van der Waals surface area contributed by atoms with Gasteiger partial charge in [-0.2, -0.15) is 0 Å². The second-order valence-electron chi connectivity index (χ2n) is 6.15. The van der Waals surface area contributed by atoms with Crippen LogP contribution in [0.4, 0.5) is 0 Å². The Labute approximate surface area is 121 Å². The van der Waals surface area contributed by atoms with E-state index in [1.807, 2.05) is 0 Å². The summed E-state index contributed by atoms with van der Waals surface area (Å²) in [6.45, 7) is 3.31. The maximum atomic E-state index is 6.01. The van der Waals surface area contributed by atoms with E-state index < -0.39 is 0 Å². The standard InChI is InChI=1S/C17H25N3/c1-2-11-20-16-6-4-3-5-15(16)19-17(20)12-13-7-9-14(18)10-8-13/h3-6,13-14H,2,7-12,18H2,1H3. The van der Waals surface area contributed by atoms with E-state index in [2.05, 4.69) is 35.8 Å². The molecule has 20 heavy (non-hydrogen) atoms. The Morgan fingerprint density at radius 3 is 2.70 bits per heavy atom. The summed E-state index contributed by atoms with van der Waals surface area (Å²) < 4.78 is 2.42. The highest BCUT2D eigenvalue weighted by Crippen LogP contribution is 2.27. The minimum atomic E-state index is 0.431. The molecule has 1 aromatic heterocycles. The van der Waals surface area contributed by atoms with E-state index >= 15 is 0 Å². The zero-order valence-electron chi connectivity index (χ0n) is 12.4. The number of fused-ring (bicyclic) bond motifs is 1. The van der Waals surface area contributed by atoms with E-state index in [9.17, 15) is 0 Å². The minimum Gasteiger partial charge on any atom is -0.328 e. The minimum absolute atomic E-state index is 0.431. The third-order valence-corrected chi connectivity index (χ3v) is 4.54. The van der Waals surface area contributed by atoms with Crippen LogP contribution < -0.4 is 5.73 Å². The number of benzene rings is 1. The molecular formula is C17H25N3. The number of rotatable bonds is 4. The molecule has 0 spiro atoms. The van der Waals surface area contributed by atoms with E-state index in [4.69, 9.17) is 10.7 Å². The smallest absolute Gasteiger partial charge is 0.110 e. The summed E-state index contributed by atoms with van der Waals surface area (Å²) in [6, 6.07) is 8.94. The number of nitrogens with two attached hydrogens (primary N) is 1. The molecule has 0 unspecified atom stereocenters. The molecule has 0 atom stereocenters. The van der Waals surface area contributed by atoms with E-state index in [0.717, 1.165) is 30.8 Å². The number of imidazole rings is 1. The highest BCUT2D eigenvalue weighted by atomic mass is 15.1. The third-order valence-electron chi connectivity index (χ3n) is 4.54. The molecule has 1 saturated carbocycles. The number of aryl methyl sites for hydroxylation is 1. The fourth-order valence-electron chi connectivity index (χ4n) is 3.40. The molecule has 3 nitrogen and oxygen atoms in total. The topological polar surface area (TPSA) is 43.8 Å². The van der Waals surface area contributed by atoms with Crippen molar-refractivity contribution in [2.75, 3.05) is 0 Å². The molecule has 1 aliphatic carbocycles. The maximum absolute atomic E-state index is 6.01. The van der Waals surface area contributed by atoms with Crippen molar-refractivity contribution in [2.24, 2.45) is 11.7 Å². The zero-order valence-corrected chi connectivity index (χ0v) is 12.4. The molecule has 0 radical (unpaired) electrons. The fraction of sp³-hybridized carbons (Fsp3) is 0.588. The molecule has 1 aliphatic rings. The van der Waals surface area contributed by atoms with Gasteiger partial charge in [-0.15, -0.1) is 0 Å². The molecule has 108 valence electrons. The van der Waals surface area contributed by atoms with Gasteiger partial charge < -0.3 is 10.3 Å². The van der Waals surface area contributed by atoms with Gasteiger partial charge in [0.1, 0.15) is 5.82 Å². The van der Waals surface area contributed by atoms with Crippen LogP contribution in [0, 0.1) is 5.92 Å². The summed E-state index contributed by atoms with van der Waals surface area (Å²) in [5.74, 6) is 2.04.